The Bertz CT molecular complexity index is 1920. The fraction of sp³-hybridized carbons (Fsp3) is 0.389. The Morgan fingerprint density at radius 3 is 1.43 bits per heavy atom. The summed E-state index contributed by atoms with van der Waals surface area (Å²) in [6.07, 6.45) is 0.456. The Morgan fingerprint density at radius 2 is 1.02 bits per heavy atom. The molecule has 2 atom stereocenters. The van der Waals surface area contributed by atoms with Crippen LogP contribution >= 0.6 is 0 Å². The summed E-state index contributed by atoms with van der Waals surface area (Å²) in [4.78, 5) is 41.2. The number of fused-ring (bicyclic) bond motifs is 8. The number of aliphatic hydroxyl groups is 2. The molecule has 0 amide bonds. The average Bonchev–Trinajstić information content (AvgIpc) is 3.59. The van der Waals surface area contributed by atoms with Gasteiger partial charge in [0.25, 0.3) is 0 Å². The van der Waals surface area contributed by atoms with E-state index in [2.05, 4.69) is 9.97 Å². The smallest absolute Gasteiger partial charge is 0.130 e. The first-order chi connectivity index (χ1) is 20.8. The van der Waals surface area contributed by atoms with Crippen molar-refractivity contribution in [1.82, 2.24) is 19.9 Å². The molecule has 8 nitrogen and oxygen atoms in total. The zero-order valence-corrected chi connectivity index (χ0v) is 26.9. The van der Waals surface area contributed by atoms with Gasteiger partial charge in [0.15, 0.2) is 0 Å². The van der Waals surface area contributed by atoms with Crippen LogP contribution in [-0.4, -0.2) is 41.7 Å². The number of aromatic amines is 2. The normalized spacial score (nSPS) is 14.8. The molecule has 5 rings (SSSR count). The lowest BCUT2D eigenvalue weighted by molar-refractivity contribution is -0.117. The number of ketones is 2. The van der Waals surface area contributed by atoms with Crippen molar-refractivity contribution < 1.29 is 19.8 Å². The molecule has 3 aromatic heterocycles. The Labute approximate surface area is 258 Å². The van der Waals surface area contributed by atoms with Crippen molar-refractivity contribution in [2.75, 3.05) is 0 Å². The molecule has 8 bridgehead atoms. The minimum atomic E-state index is -0.732. The highest BCUT2D eigenvalue weighted by Gasteiger charge is 2.23. The zero-order valence-electron chi connectivity index (χ0n) is 26.9. The van der Waals surface area contributed by atoms with Gasteiger partial charge in [-0.15, -0.1) is 0 Å². The van der Waals surface area contributed by atoms with Crippen molar-refractivity contribution in [3.05, 3.63) is 69.3 Å². The average molecular weight is 595 g/mol. The summed E-state index contributed by atoms with van der Waals surface area (Å²) in [7, 11) is 0. The molecule has 0 saturated heterocycles. The number of hydrogen-bond donors (Lipinski definition) is 4. The molecule has 2 aliphatic heterocycles. The largest absolute Gasteiger partial charge is 0.389 e. The third-order valence-electron chi connectivity index (χ3n) is 8.92. The number of aromatic nitrogens is 4. The van der Waals surface area contributed by atoms with E-state index in [1.807, 2.05) is 52.0 Å². The zero-order chi connectivity index (χ0) is 32.0. The van der Waals surface area contributed by atoms with Crippen LogP contribution in [-0.2, 0) is 9.59 Å². The molecule has 0 saturated carbocycles. The summed E-state index contributed by atoms with van der Waals surface area (Å²) in [6.45, 7) is 14.7. The van der Waals surface area contributed by atoms with Crippen LogP contribution in [0.3, 0.4) is 0 Å². The predicted octanol–water partition coefficient (Wildman–Crippen LogP) is 7.64. The maximum absolute atomic E-state index is 12.0. The number of carbonyl (C=O) groups is 2. The molecule has 2 unspecified atom stereocenters. The fourth-order valence-corrected chi connectivity index (χ4v) is 6.46. The molecule has 8 heteroatoms. The minimum Gasteiger partial charge on any atom is -0.389 e. The summed E-state index contributed by atoms with van der Waals surface area (Å²) in [5.74, 6) is 0.216. The first-order valence-electron chi connectivity index (χ1n) is 15.3. The molecular weight excluding hydrogens is 552 g/mol. The first kappa shape index (κ1) is 31.3. The number of nitrogens with zero attached hydrogens (tertiary/aromatic N) is 2. The van der Waals surface area contributed by atoms with Gasteiger partial charge in [0, 0.05) is 46.0 Å². The van der Waals surface area contributed by atoms with E-state index in [9.17, 15) is 19.8 Å². The number of rotatable bonds is 8. The van der Waals surface area contributed by atoms with Crippen LogP contribution in [0.4, 0.5) is 0 Å². The summed E-state index contributed by atoms with van der Waals surface area (Å²) in [5, 5.41) is 21.6. The molecule has 0 fully saturated rings. The number of Topliss-reactive ketones (excluding diaryl/α,β-unsaturated/α-hetero) is 2. The standard InChI is InChI=1S/C36H42N4O4/c1-17(41)9-11-25-19(3)27-13-29-21(5)35(23(7)43)34(39-29)15-30-22(6)36(24(8)44)33(40-30)14-28-20(4)26(12-10-18(2)42)32(38-28)16-31(25)37-27/h13-16,23-24,39-40,43-44H,9-12H2,1-8H3. The summed E-state index contributed by atoms with van der Waals surface area (Å²) in [6, 6.07) is 7.92. The summed E-state index contributed by atoms with van der Waals surface area (Å²) < 4.78 is 0. The third kappa shape index (κ3) is 5.84. The van der Waals surface area contributed by atoms with E-state index in [1.165, 1.54) is 0 Å². The van der Waals surface area contributed by atoms with Crippen LogP contribution in [0.1, 0.15) is 124 Å². The summed E-state index contributed by atoms with van der Waals surface area (Å²) >= 11 is 0. The van der Waals surface area contributed by atoms with E-state index in [4.69, 9.17) is 9.97 Å². The van der Waals surface area contributed by atoms with Crippen LogP contribution in [0.15, 0.2) is 24.3 Å². The molecule has 0 radical (unpaired) electrons. The lowest BCUT2D eigenvalue weighted by Gasteiger charge is -2.05. The Balaban J connectivity index is 1.95. The number of nitrogens with one attached hydrogen (secondary N) is 2. The number of aliphatic hydroxyl groups excluding tert-OH is 2. The lowest BCUT2D eigenvalue weighted by Crippen LogP contribution is -1.94. The second kappa shape index (κ2) is 12.1. The third-order valence-corrected chi connectivity index (χ3v) is 8.92. The van der Waals surface area contributed by atoms with Crippen molar-refractivity contribution in [1.29, 1.82) is 0 Å². The maximum atomic E-state index is 12.0. The van der Waals surface area contributed by atoms with E-state index in [0.717, 1.165) is 89.4 Å². The molecule has 4 N–H and O–H groups in total. The maximum Gasteiger partial charge on any atom is 0.130 e. The number of aryl methyl sites for hydroxylation is 2. The SMILES string of the molecule is CC(=O)CCC1=C(C)c2cc3[nH]c(cc4[nH]c(cc5nc(cc1n2)C(CCC(C)=O)=C5C)c(C(C)O)c4C)c(C(C)O)c3C. The Kier molecular flexibility index (Phi) is 8.60. The van der Waals surface area contributed by atoms with Gasteiger partial charge >= 0.3 is 0 Å². The van der Waals surface area contributed by atoms with Gasteiger partial charge in [0.05, 0.1) is 35.0 Å². The van der Waals surface area contributed by atoms with E-state index >= 15 is 0 Å². The molecular formula is C36H42N4O4. The van der Waals surface area contributed by atoms with E-state index in [1.54, 1.807) is 27.7 Å². The van der Waals surface area contributed by atoms with Gasteiger partial charge in [-0.1, -0.05) is 0 Å². The van der Waals surface area contributed by atoms with Crippen molar-refractivity contribution in [3.63, 3.8) is 0 Å². The van der Waals surface area contributed by atoms with Crippen molar-refractivity contribution in [2.45, 2.75) is 93.3 Å². The van der Waals surface area contributed by atoms with Crippen LogP contribution in [0.2, 0.25) is 0 Å². The summed E-state index contributed by atoms with van der Waals surface area (Å²) in [5.41, 5.74) is 13.5. The minimum absolute atomic E-state index is 0.107. The molecule has 0 aromatic carbocycles. The van der Waals surface area contributed by atoms with E-state index < -0.39 is 12.2 Å². The van der Waals surface area contributed by atoms with Gasteiger partial charge in [0.2, 0.25) is 0 Å². The van der Waals surface area contributed by atoms with Crippen LogP contribution in [0, 0.1) is 13.8 Å². The number of hydrogen-bond acceptors (Lipinski definition) is 6. The highest BCUT2D eigenvalue weighted by atomic mass is 16.3. The van der Waals surface area contributed by atoms with Crippen LogP contribution < -0.4 is 0 Å². The topological polar surface area (TPSA) is 132 Å². The van der Waals surface area contributed by atoms with E-state index in [-0.39, 0.29) is 11.6 Å². The highest BCUT2D eigenvalue weighted by Crippen LogP contribution is 2.39. The molecule has 0 spiro atoms. The molecule has 2 aliphatic rings. The fourth-order valence-electron chi connectivity index (χ4n) is 6.46. The molecule has 230 valence electrons. The molecule has 3 aromatic rings. The number of allylic oxidation sites excluding steroid dienone is 4. The van der Waals surface area contributed by atoms with Gasteiger partial charge in [-0.2, -0.15) is 0 Å². The van der Waals surface area contributed by atoms with Gasteiger partial charge < -0.3 is 29.8 Å². The monoisotopic (exact) mass is 594 g/mol. The van der Waals surface area contributed by atoms with Crippen molar-refractivity contribution in [3.8, 4) is 0 Å². The lowest BCUT2D eigenvalue weighted by atomic mass is 9.97. The van der Waals surface area contributed by atoms with Gasteiger partial charge in [-0.05, 0) is 126 Å². The predicted molar refractivity (Wildman–Crippen MR) is 177 cm³/mol. The Hall–Kier alpha value is -4.14. The molecule has 5 heterocycles. The number of carbonyl (C=O) groups excluding carboxylic acids is 2. The quantitative estimate of drug-likeness (QED) is 0.212. The van der Waals surface area contributed by atoms with Crippen LogP contribution in [0.5, 0.6) is 0 Å². The van der Waals surface area contributed by atoms with Gasteiger partial charge in [-0.3, -0.25) is 0 Å². The van der Waals surface area contributed by atoms with Crippen LogP contribution in [0.25, 0.3) is 44.4 Å². The van der Waals surface area contributed by atoms with Gasteiger partial charge in [0.1, 0.15) is 11.6 Å². The highest BCUT2D eigenvalue weighted by molar-refractivity contribution is 5.97. The second-order valence-electron chi connectivity index (χ2n) is 12.3. The number of H-pyrrole nitrogens is 2. The van der Waals surface area contributed by atoms with Crippen molar-refractivity contribution >= 4 is 55.9 Å². The van der Waals surface area contributed by atoms with E-state index in [0.29, 0.717) is 25.7 Å². The molecule has 44 heavy (non-hydrogen) atoms. The molecule has 0 aliphatic carbocycles. The van der Waals surface area contributed by atoms with Gasteiger partial charge in [-0.25, -0.2) is 9.97 Å². The first-order valence-corrected chi connectivity index (χ1v) is 15.3. The van der Waals surface area contributed by atoms with Crippen molar-refractivity contribution in [2.24, 2.45) is 0 Å². The Morgan fingerprint density at radius 1 is 0.636 bits per heavy atom. The second-order valence-corrected chi connectivity index (χ2v) is 12.3.